The van der Waals surface area contributed by atoms with Crippen LogP contribution in [0.5, 0.6) is 5.75 Å². The van der Waals surface area contributed by atoms with Crippen LogP contribution in [0, 0.1) is 5.92 Å². The zero-order valence-corrected chi connectivity index (χ0v) is 45.7. The van der Waals surface area contributed by atoms with Gasteiger partial charge in [-0.2, -0.15) is 0 Å². The molecule has 0 radical (unpaired) electrons. The van der Waals surface area contributed by atoms with Gasteiger partial charge in [0, 0.05) is 76.7 Å². The quantitative estimate of drug-likeness (QED) is 0.176. The van der Waals surface area contributed by atoms with E-state index in [2.05, 4.69) is 241 Å². The molecule has 13 aromatic rings. The van der Waals surface area contributed by atoms with Crippen molar-refractivity contribution in [3.63, 3.8) is 0 Å². The van der Waals surface area contributed by atoms with Crippen molar-refractivity contribution in [1.82, 2.24) is 0 Å². The second-order valence-corrected chi connectivity index (χ2v) is 24.5. The predicted molar refractivity (Wildman–Crippen MR) is 331 cm³/mol. The zero-order chi connectivity index (χ0) is 53.8. The monoisotopic (exact) mass is 1040 g/mol. The lowest BCUT2D eigenvalue weighted by Gasteiger charge is -2.27. The molecule has 0 saturated carbocycles. The van der Waals surface area contributed by atoms with Crippen LogP contribution in [0.25, 0.3) is 127 Å². The first-order chi connectivity index (χ1) is 39.6. The second kappa shape index (κ2) is 15.9. The van der Waals surface area contributed by atoms with Gasteiger partial charge < -0.3 is 18.0 Å². The van der Waals surface area contributed by atoms with Crippen molar-refractivity contribution in [2.45, 2.75) is 63.9 Å². The summed E-state index contributed by atoms with van der Waals surface area (Å²) < 4.78 is 27.6. The third-order valence-corrected chi connectivity index (χ3v) is 19.5. The molecule has 10 aromatic carbocycles. The molecule has 4 nitrogen and oxygen atoms in total. The number of allylic oxidation sites excluding steroid dienone is 2. The van der Waals surface area contributed by atoms with Gasteiger partial charge in [0.25, 0.3) is 0 Å². The largest absolute Gasteiger partial charge is 0.484 e. The normalized spacial score (nSPS) is 18.7. The molecular formula is C77H54O4. The highest BCUT2D eigenvalue weighted by atomic mass is 16.5. The van der Waals surface area contributed by atoms with Crippen LogP contribution in [-0.4, -0.2) is 6.10 Å². The number of furan rings is 3. The Morgan fingerprint density at radius 3 is 1.57 bits per heavy atom. The van der Waals surface area contributed by atoms with Gasteiger partial charge in [0.1, 0.15) is 45.2 Å². The Balaban J connectivity index is 0.849. The third-order valence-electron chi connectivity index (χ3n) is 19.5. The van der Waals surface area contributed by atoms with Gasteiger partial charge in [-0.1, -0.05) is 168 Å². The van der Waals surface area contributed by atoms with Crippen LogP contribution in [0.2, 0.25) is 0 Å². The van der Waals surface area contributed by atoms with Gasteiger partial charge in [0.05, 0.1) is 0 Å². The first-order valence-electron chi connectivity index (χ1n) is 28.8. The Morgan fingerprint density at radius 2 is 0.938 bits per heavy atom. The van der Waals surface area contributed by atoms with Crippen molar-refractivity contribution < 1.29 is 18.0 Å². The van der Waals surface area contributed by atoms with E-state index in [1.807, 2.05) is 0 Å². The number of fused-ring (bicyclic) bond motifs is 19. The molecule has 386 valence electrons. The SMILES string of the molecule is CC1CC=c2c(oc3ccccc23)=C1c1cc2c(cc1-c1cccc3c1oc1ccccc13)C(C)(C)c1cc3cc4c(cc3cc1-2)C(C)(C)c1cc(-c2cccc3c2oc2ccccc23)c(C2=CC=CC3c5ccccc5OC23)cc1-4. The fraction of sp³-hybridized carbons (Fsp3) is 0.143. The van der Waals surface area contributed by atoms with Crippen LogP contribution in [0.3, 0.4) is 0 Å². The molecule has 0 bridgehead atoms. The number of benzene rings is 10. The topological polar surface area (TPSA) is 48.7 Å². The molecular weight excluding hydrogens is 989 g/mol. The molecule has 0 N–H and O–H groups in total. The van der Waals surface area contributed by atoms with Crippen molar-refractivity contribution in [3.05, 3.63) is 250 Å². The first-order valence-corrected chi connectivity index (χ1v) is 28.8. The summed E-state index contributed by atoms with van der Waals surface area (Å²) in [6.07, 6.45) is 9.98. The Labute approximate surface area is 468 Å². The van der Waals surface area contributed by atoms with E-state index >= 15 is 0 Å². The molecule has 0 amide bonds. The van der Waals surface area contributed by atoms with E-state index in [0.29, 0.717) is 0 Å². The number of hydrogen-bond donors (Lipinski definition) is 0. The summed E-state index contributed by atoms with van der Waals surface area (Å²) in [6.45, 7) is 12.0. The van der Waals surface area contributed by atoms with Crippen LogP contribution in [0.4, 0.5) is 0 Å². The maximum atomic E-state index is 6.96. The highest BCUT2D eigenvalue weighted by molar-refractivity contribution is 6.13. The summed E-state index contributed by atoms with van der Waals surface area (Å²) in [5, 5.41) is 9.35. The molecule has 0 spiro atoms. The fourth-order valence-corrected chi connectivity index (χ4v) is 15.4. The third kappa shape index (κ3) is 6.09. The van der Waals surface area contributed by atoms with Crippen LogP contribution < -0.4 is 15.4 Å². The van der Waals surface area contributed by atoms with Gasteiger partial charge in [0.15, 0.2) is 0 Å². The lowest BCUT2D eigenvalue weighted by atomic mass is 9.77. The number of para-hydroxylation sites is 6. The minimum atomic E-state index is -0.318. The standard InChI is InChI=1S/C77H54O4/c1-41-31-32-54-47-20-9-13-30-70(47)81-75(54)71(41)62-38-61-59-34-43-35-63-58(33-42(43)36-64(59)77(4,5)66(61)40-57(62)53-26-16-23-50-46-19-8-12-29-69(46)80-74(50)53)60-37-55(51-24-14-21-48-44-17-6-10-27-67(44)78-72(48)51)56(39-65(60)76(63,2)3)52-25-15-22-49-45-18-7-11-28-68(45)79-73(49)52/h6-30,32-41,48,72H,31H2,1-5H3. The van der Waals surface area contributed by atoms with E-state index in [1.165, 1.54) is 93.9 Å². The second-order valence-electron chi connectivity index (χ2n) is 24.5. The lowest BCUT2D eigenvalue weighted by Crippen LogP contribution is -2.30. The van der Waals surface area contributed by atoms with Gasteiger partial charge in [-0.15, -0.1) is 0 Å². The molecule has 4 aliphatic carbocycles. The molecule has 1 aliphatic heterocycles. The van der Waals surface area contributed by atoms with Crippen molar-refractivity contribution in [2.75, 3.05) is 0 Å². The lowest BCUT2D eigenvalue weighted by molar-refractivity contribution is 0.278. The summed E-state index contributed by atoms with van der Waals surface area (Å²) in [5.74, 6) is 1.28. The summed E-state index contributed by atoms with van der Waals surface area (Å²) >= 11 is 0. The van der Waals surface area contributed by atoms with Crippen LogP contribution in [-0.2, 0) is 10.8 Å². The fourth-order valence-electron chi connectivity index (χ4n) is 15.4. The van der Waals surface area contributed by atoms with E-state index in [9.17, 15) is 0 Å². The number of ether oxygens (including phenoxy) is 1. The highest BCUT2D eigenvalue weighted by Gasteiger charge is 2.43. The minimum absolute atomic E-state index is 0.114. The van der Waals surface area contributed by atoms with Gasteiger partial charge >= 0.3 is 0 Å². The number of rotatable bonds is 4. The minimum Gasteiger partial charge on any atom is -0.484 e. The zero-order valence-electron chi connectivity index (χ0n) is 45.7. The number of hydrogen-bond acceptors (Lipinski definition) is 4. The van der Waals surface area contributed by atoms with Gasteiger partial charge in [0.2, 0.25) is 0 Å². The Hall–Kier alpha value is -9.38. The van der Waals surface area contributed by atoms with E-state index in [0.717, 1.165) is 89.1 Å². The average Bonchev–Trinajstić information content (AvgIpc) is 4.51. The Morgan fingerprint density at radius 1 is 0.432 bits per heavy atom. The molecule has 3 aromatic heterocycles. The first kappa shape index (κ1) is 45.5. The Kier molecular flexibility index (Phi) is 8.94. The van der Waals surface area contributed by atoms with Crippen LogP contribution >= 0.6 is 0 Å². The van der Waals surface area contributed by atoms with E-state index in [-0.39, 0.29) is 28.8 Å². The summed E-state index contributed by atoms with van der Waals surface area (Å²) in [7, 11) is 0. The highest BCUT2D eigenvalue weighted by Crippen LogP contribution is 2.58. The van der Waals surface area contributed by atoms with Crippen LogP contribution in [0.15, 0.2) is 213 Å². The maximum absolute atomic E-state index is 6.96. The van der Waals surface area contributed by atoms with Crippen molar-refractivity contribution in [1.29, 1.82) is 0 Å². The van der Waals surface area contributed by atoms with Gasteiger partial charge in [-0.05, 0) is 163 Å². The van der Waals surface area contributed by atoms with Crippen molar-refractivity contribution in [3.8, 4) is 50.3 Å². The van der Waals surface area contributed by atoms with Gasteiger partial charge in [-0.25, -0.2) is 0 Å². The van der Waals surface area contributed by atoms with Crippen LogP contribution in [0.1, 0.15) is 85.9 Å². The van der Waals surface area contributed by atoms with E-state index in [4.69, 9.17) is 18.0 Å². The van der Waals surface area contributed by atoms with E-state index in [1.54, 1.807) is 0 Å². The molecule has 3 unspecified atom stereocenters. The molecule has 81 heavy (non-hydrogen) atoms. The molecule has 4 heterocycles. The molecule has 0 saturated heterocycles. The molecule has 5 aliphatic rings. The Bertz CT molecular complexity index is 5220. The summed E-state index contributed by atoms with van der Waals surface area (Å²) in [4.78, 5) is 0. The van der Waals surface area contributed by atoms with Crippen molar-refractivity contribution in [2.24, 2.45) is 5.92 Å². The predicted octanol–water partition coefficient (Wildman–Crippen LogP) is 18.8. The summed E-state index contributed by atoms with van der Waals surface area (Å²) in [5.41, 5.74) is 25.8. The average molecular weight is 1040 g/mol. The maximum Gasteiger partial charge on any atom is 0.143 e. The van der Waals surface area contributed by atoms with E-state index < -0.39 is 0 Å². The molecule has 18 rings (SSSR count). The summed E-state index contributed by atoms with van der Waals surface area (Å²) in [6, 6.07) is 67.2. The van der Waals surface area contributed by atoms with Crippen molar-refractivity contribution >= 4 is 82.8 Å². The smallest absolute Gasteiger partial charge is 0.143 e. The molecule has 0 fully saturated rings. The molecule has 4 heteroatoms. The van der Waals surface area contributed by atoms with Gasteiger partial charge in [-0.3, -0.25) is 0 Å². The molecule has 3 atom stereocenters.